The zero-order chi connectivity index (χ0) is 13.7. The molecule has 3 nitrogen and oxygen atoms in total. The quantitative estimate of drug-likeness (QED) is 0.832. The van der Waals surface area contributed by atoms with Crippen LogP contribution >= 0.6 is 11.3 Å². The Kier molecular flexibility index (Phi) is 4.53. The van der Waals surface area contributed by atoms with Crippen LogP contribution in [0.15, 0.2) is 29.6 Å². The van der Waals surface area contributed by atoms with Crippen LogP contribution in [0.2, 0.25) is 0 Å². The molecule has 1 aromatic carbocycles. The van der Waals surface area contributed by atoms with E-state index in [4.69, 9.17) is 10.00 Å². The van der Waals surface area contributed by atoms with Crippen molar-refractivity contribution >= 4 is 11.3 Å². The molecule has 0 aliphatic rings. The van der Waals surface area contributed by atoms with Crippen LogP contribution in [-0.2, 0) is 6.42 Å². The largest absolute Gasteiger partial charge is 0.493 e. The number of ether oxygens (including phenoxy) is 1. The molecule has 0 fully saturated rings. The molecule has 0 saturated carbocycles. The molecule has 0 atom stereocenters. The van der Waals surface area contributed by atoms with E-state index in [-0.39, 0.29) is 0 Å². The molecule has 0 spiro atoms. The van der Waals surface area contributed by atoms with Crippen LogP contribution in [0.5, 0.6) is 5.75 Å². The normalized spacial score (nSPS) is 10.4. The second-order valence-corrected chi connectivity index (χ2v) is 5.51. The number of nitrogens with zero attached hydrogens (tertiary/aromatic N) is 2. The fraction of sp³-hybridized carbons (Fsp3) is 0.333. The molecule has 0 saturated heterocycles. The minimum Gasteiger partial charge on any atom is -0.493 e. The highest BCUT2D eigenvalue weighted by molar-refractivity contribution is 7.09. The van der Waals surface area contributed by atoms with Gasteiger partial charge in [-0.15, -0.1) is 11.3 Å². The van der Waals surface area contributed by atoms with Crippen molar-refractivity contribution in [1.29, 1.82) is 5.26 Å². The minimum absolute atomic E-state index is 0.488. The molecule has 19 heavy (non-hydrogen) atoms. The number of hydrogen-bond acceptors (Lipinski definition) is 4. The van der Waals surface area contributed by atoms with Crippen LogP contribution in [-0.4, -0.2) is 11.6 Å². The molecule has 0 N–H and O–H groups in total. The second kappa shape index (κ2) is 6.35. The van der Waals surface area contributed by atoms with Gasteiger partial charge in [-0.3, -0.25) is 0 Å². The van der Waals surface area contributed by atoms with E-state index in [0.717, 1.165) is 17.2 Å². The lowest BCUT2D eigenvalue weighted by atomic mass is 10.0. The second-order valence-electron chi connectivity index (χ2n) is 4.56. The van der Waals surface area contributed by atoms with Crippen molar-refractivity contribution in [3.05, 3.63) is 45.9 Å². The third kappa shape index (κ3) is 3.80. The Hall–Kier alpha value is -1.86. The maximum atomic E-state index is 8.70. The number of nitriles is 1. The number of rotatable bonds is 5. The molecule has 2 aromatic rings. The summed E-state index contributed by atoms with van der Waals surface area (Å²) >= 11 is 1.50. The number of benzene rings is 1. The molecule has 98 valence electrons. The van der Waals surface area contributed by atoms with E-state index in [0.29, 0.717) is 18.2 Å². The fourth-order valence-corrected chi connectivity index (χ4v) is 2.40. The standard InChI is InChI=1S/C15H16N2OS/c1-11(2)12-4-3-5-14(8-12)18-7-6-15-17-13(9-16)10-19-15/h3-5,8,10-11H,6-7H2,1-2H3. The third-order valence-electron chi connectivity index (χ3n) is 2.78. The molecule has 2 rings (SSSR count). The van der Waals surface area contributed by atoms with Gasteiger partial charge in [0.05, 0.1) is 11.6 Å². The molecule has 4 heteroatoms. The molecule has 0 aliphatic carbocycles. The lowest BCUT2D eigenvalue weighted by Gasteiger charge is -2.09. The molecule has 0 bridgehead atoms. The van der Waals surface area contributed by atoms with Gasteiger partial charge in [0.2, 0.25) is 0 Å². The third-order valence-corrected chi connectivity index (χ3v) is 3.68. The molecule has 0 aliphatic heterocycles. The number of hydrogen-bond donors (Lipinski definition) is 0. The molecular weight excluding hydrogens is 256 g/mol. The zero-order valence-corrected chi connectivity index (χ0v) is 11.9. The smallest absolute Gasteiger partial charge is 0.151 e. The number of aromatic nitrogens is 1. The molecule has 0 unspecified atom stereocenters. The van der Waals surface area contributed by atoms with Gasteiger partial charge >= 0.3 is 0 Å². The average Bonchev–Trinajstić information content (AvgIpc) is 2.87. The minimum atomic E-state index is 0.488. The van der Waals surface area contributed by atoms with E-state index in [1.165, 1.54) is 16.9 Å². The maximum Gasteiger partial charge on any atom is 0.151 e. The molecule has 1 aromatic heterocycles. The van der Waals surface area contributed by atoms with Crippen LogP contribution < -0.4 is 4.74 Å². The average molecular weight is 272 g/mol. The van der Waals surface area contributed by atoms with Crippen LogP contribution in [0, 0.1) is 11.3 Å². The lowest BCUT2D eigenvalue weighted by Crippen LogP contribution is -2.01. The lowest BCUT2D eigenvalue weighted by molar-refractivity contribution is 0.321. The van der Waals surface area contributed by atoms with Gasteiger partial charge in [-0.25, -0.2) is 4.98 Å². The van der Waals surface area contributed by atoms with Crippen molar-refractivity contribution in [2.24, 2.45) is 0 Å². The highest BCUT2D eigenvalue weighted by Crippen LogP contribution is 2.20. The number of thiazole rings is 1. The Labute approximate surface area is 117 Å². The summed E-state index contributed by atoms with van der Waals surface area (Å²) in [4.78, 5) is 4.18. The summed E-state index contributed by atoms with van der Waals surface area (Å²) in [6.07, 6.45) is 0.734. The summed E-state index contributed by atoms with van der Waals surface area (Å²) in [6.45, 7) is 4.91. The van der Waals surface area contributed by atoms with Gasteiger partial charge in [0.25, 0.3) is 0 Å². The van der Waals surface area contributed by atoms with Crippen LogP contribution in [0.25, 0.3) is 0 Å². The van der Waals surface area contributed by atoms with Crippen molar-refractivity contribution in [3.63, 3.8) is 0 Å². The van der Waals surface area contributed by atoms with Crippen molar-refractivity contribution in [1.82, 2.24) is 4.98 Å². The summed E-state index contributed by atoms with van der Waals surface area (Å²) in [5, 5.41) is 11.4. The van der Waals surface area contributed by atoms with Gasteiger partial charge < -0.3 is 4.74 Å². The van der Waals surface area contributed by atoms with E-state index in [9.17, 15) is 0 Å². The first-order chi connectivity index (χ1) is 9.19. The highest BCUT2D eigenvalue weighted by Gasteiger charge is 2.03. The molecule has 1 heterocycles. The van der Waals surface area contributed by atoms with E-state index < -0.39 is 0 Å². The van der Waals surface area contributed by atoms with E-state index in [1.807, 2.05) is 18.2 Å². The van der Waals surface area contributed by atoms with Crippen LogP contribution in [0.4, 0.5) is 0 Å². The van der Waals surface area contributed by atoms with E-state index in [1.54, 1.807) is 5.38 Å². The predicted octanol–water partition coefficient (Wildman–Crippen LogP) is 3.76. The van der Waals surface area contributed by atoms with Crippen molar-refractivity contribution < 1.29 is 4.74 Å². The first-order valence-corrected chi connectivity index (χ1v) is 7.14. The van der Waals surface area contributed by atoms with E-state index in [2.05, 4.69) is 31.0 Å². The Morgan fingerprint density at radius 2 is 2.26 bits per heavy atom. The summed E-state index contributed by atoms with van der Waals surface area (Å²) in [5.41, 5.74) is 1.76. The summed E-state index contributed by atoms with van der Waals surface area (Å²) in [6, 6.07) is 10.2. The van der Waals surface area contributed by atoms with Crippen LogP contribution in [0.3, 0.4) is 0 Å². The molecule has 0 amide bonds. The predicted molar refractivity (Wildman–Crippen MR) is 76.6 cm³/mol. The van der Waals surface area contributed by atoms with E-state index >= 15 is 0 Å². The summed E-state index contributed by atoms with van der Waals surface area (Å²) in [7, 11) is 0. The Morgan fingerprint density at radius 3 is 2.95 bits per heavy atom. The van der Waals surface area contributed by atoms with Gasteiger partial charge in [-0.2, -0.15) is 5.26 Å². The Bertz CT molecular complexity index is 584. The topological polar surface area (TPSA) is 45.9 Å². The van der Waals surface area contributed by atoms with Crippen LogP contribution in [0.1, 0.15) is 36.0 Å². The molecular formula is C15H16N2OS. The zero-order valence-electron chi connectivity index (χ0n) is 11.1. The van der Waals surface area contributed by atoms with Gasteiger partial charge in [-0.1, -0.05) is 26.0 Å². The van der Waals surface area contributed by atoms with Crippen molar-refractivity contribution in [3.8, 4) is 11.8 Å². The van der Waals surface area contributed by atoms with Gasteiger partial charge in [-0.05, 0) is 23.6 Å². The highest BCUT2D eigenvalue weighted by atomic mass is 32.1. The molecule has 0 radical (unpaired) electrons. The van der Waals surface area contributed by atoms with Gasteiger partial charge in [0, 0.05) is 11.8 Å². The Balaban J connectivity index is 1.89. The van der Waals surface area contributed by atoms with Crippen molar-refractivity contribution in [2.75, 3.05) is 6.61 Å². The first-order valence-electron chi connectivity index (χ1n) is 6.26. The summed E-state index contributed by atoms with van der Waals surface area (Å²) in [5.74, 6) is 1.39. The summed E-state index contributed by atoms with van der Waals surface area (Å²) < 4.78 is 5.73. The SMILES string of the molecule is CC(C)c1cccc(OCCc2nc(C#N)cs2)c1. The Morgan fingerprint density at radius 1 is 1.42 bits per heavy atom. The maximum absolute atomic E-state index is 8.70. The first kappa shape index (κ1) is 13.6. The van der Waals surface area contributed by atoms with Gasteiger partial charge in [0.1, 0.15) is 11.8 Å². The van der Waals surface area contributed by atoms with Gasteiger partial charge in [0.15, 0.2) is 5.69 Å². The fourth-order valence-electron chi connectivity index (χ4n) is 1.70. The van der Waals surface area contributed by atoms with Crippen molar-refractivity contribution in [2.45, 2.75) is 26.2 Å². The monoisotopic (exact) mass is 272 g/mol.